The van der Waals surface area contributed by atoms with Crippen LogP contribution in [0, 0.1) is 11.3 Å². The van der Waals surface area contributed by atoms with Crippen LogP contribution in [0.15, 0.2) is 49.1 Å². The number of nitrogens with zero attached hydrogens (tertiary/aromatic N) is 5. The zero-order valence-electron chi connectivity index (χ0n) is 15.1. The largest absolute Gasteiger partial charge is 0.371 e. The van der Waals surface area contributed by atoms with Crippen LogP contribution in [0.4, 0.5) is 0 Å². The lowest BCUT2D eigenvalue weighted by molar-refractivity contribution is 0.0277. The number of nitrogens with one attached hydrogen (secondary N) is 1. The van der Waals surface area contributed by atoms with Gasteiger partial charge in [-0.1, -0.05) is 24.3 Å². The van der Waals surface area contributed by atoms with Crippen molar-refractivity contribution in [3.63, 3.8) is 0 Å². The zero-order chi connectivity index (χ0) is 19.3. The number of ketones is 1. The first-order valence-electron chi connectivity index (χ1n) is 8.94. The van der Waals surface area contributed by atoms with Crippen LogP contribution in [-0.2, 0) is 11.2 Å². The molecule has 4 rings (SSSR count). The molecule has 2 aromatic heterocycles. The minimum Gasteiger partial charge on any atom is -0.371 e. The number of ether oxygens (including phenoxy) is 1. The molecule has 1 atom stereocenters. The van der Waals surface area contributed by atoms with E-state index in [1.807, 2.05) is 30.3 Å². The number of morpholine rings is 1. The predicted molar refractivity (Wildman–Crippen MR) is 99.9 cm³/mol. The number of Topliss-reactive ketones (excluding diaryl/α,β-unsaturated/α-hetero) is 1. The van der Waals surface area contributed by atoms with Gasteiger partial charge in [-0.3, -0.25) is 9.78 Å². The van der Waals surface area contributed by atoms with Crippen LogP contribution >= 0.6 is 0 Å². The Labute approximate surface area is 161 Å². The van der Waals surface area contributed by atoms with Gasteiger partial charge in [-0.2, -0.15) is 10.4 Å². The molecule has 3 aromatic rings. The van der Waals surface area contributed by atoms with Crippen LogP contribution in [0.3, 0.4) is 0 Å². The van der Waals surface area contributed by atoms with E-state index < -0.39 is 0 Å². The van der Waals surface area contributed by atoms with Crippen molar-refractivity contribution in [2.45, 2.75) is 12.5 Å². The Bertz CT molecular complexity index is 1020. The summed E-state index contributed by atoms with van der Waals surface area (Å²) in [6.07, 6.45) is 6.30. The molecule has 0 radical (unpaired) electrons. The van der Waals surface area contributed by atoms with Crippen molar-refractivity contribution in [2.24, 2.45) is 0 Å². The molecule has 1 N–H and O–H groups in total. The Morgan fingerprint density at radius 1 is 1.29 bits per heavy atom. The van der Waals surface area contributed by atoms with Crippen molar-refractivity contribution in [3.05, 3.63) is 71.4 Å². The topological polar surface area (TPSA) is 106 Å². The summed E-state index contributed by atoms with van der Waals surface area (Å²) >= 11 is 0. The monoisotopic (exact) mass is 374 g/mol. The van der Waals surface area contributed by atoms with Crippen molar-refractivity contribution >= 4 is 5.78 Å². The third-order valence-electron chi connectivity index (χ3n) is 4.52. The van der Waals surface area contributed by atoms with E-state index in [1.54, 1.807) is 6.20 Å². The summed E-state index contributed by atoms with van der Waals surface area (Å²) in [5.74, 6) is 0.350. The molecule has 0 aliphatic carbocycles. The lowest BCUT2D eigenvalue weighted by Gasteiger charge is -2.24. The Kier molecular flexibility index (Phi) is 5.19. The SMILES string of the molecule is N#Cc1cncc(-n2cc(C(=O)Cc3ccc([C@H]4CNCCO4)cc3)cn2)n1. The standard InChI is InChI=1S/C20H18N6O2/c21-8-17-10-23-12-20(25-17)26-13-16(9-24-26)18(27)7-14-1-3-15(4-2-14)19-11-22-5-6-28-19/h1-4,9-10,12-13,19,22H,5-7,11H2/t19-/m1/s1. The molecule has 1 saturated heterocycles. The molecule has 28 heavy (non-hydrogen) atoms. The lowest BCUT2D eigenvalue weighted by Crippen LogP contribution is -2.33. The second kappa shape index (κ2) is 8.08. The molecular formula is C20H18N6O2. The molecule has 0 saturated carbocycles. The Balaban J connectivity index is 1.44. The van der Waals surface area contributed by atoms with Gasteiger partial charge >= 0.3 is 0 Å². The average Bonchev–Trinajstić information content (AvgIpc) is 3.25. The number of aromatic nitrogens is 4. The molecule has 3 heterocycles. The normalized spacial score (nSPS) is 16.5. The van der Waals surface area contributed by atoms with E-state index in [-0.39, 0.29) is 24.0 Å². The van der Waals surface area contributed by atoms with Gasteiger partial charge in [0.05, 0.1) is 36.9 Å². The van der Waals surface area contributed by atoms with Crippen molar-refractivity contribution in [1.82, 2.24) is 25.1 Å². The van der Waals surface area contributed by atoms with Gasteiger partial charge in [0, 0.05) is 25.7 Å². The molecule has 1 aliphatic heterocycles. The van der Waals surface area contributed by atoms with Crippen LogP contribution in [0.1, 0.15) is 33.3 Å². The first-order valence-corrected chi connectivity index (χ1v) is 8.94. The van der Waals surface area contributed by atoms with E-state index in [2.05, 4.69) is 20.4 Å². The summed E-state index contributed by atoms with van der Waals surface area (Å²) in [6.45, 7) is 2.38. The van der Waals surface area contributed by atoms with Gasteiger partial charge in [0.2, 0.25) is 0 Å². The number of hydrogen-bond donors (Lipinski definition) is 1. The number of hydrogen-bond acceptors (Lipinski definition) is 7. The molecule has 8 nitrogen and oxygen atoms in total. The van der Waals surface area contributed by atoms with E-state index in [0.29, 0.717) is 18.0 Å². The highest BCUT2D eigenvalue weighted by molar-refractivity contribution is 5.97. The van der Waals surface area contributed by atoms with Gasteiger partial charge in [-0.15, -0.1) is 0 Å². The quantitative estimate of drug-likeness (QED) is 0.677. The molecule has 0 spiro atoms. The van der Waals surface area contributed by atoms with Gasteiger partial charge in [0.15, 0.2) is 17.3 Å². The first-order chi connectivity index (χ1) is 13.7. The summed E-state index contributed by atoms with van der Waals surface area (Å²) in [7, 11) is 0. The lowest BCUT2D eigenvalue weighted by atomic mass is 10.0. The summed E-state index contributed by atoms with van der Waals surface area (Å²) in [6, 6.07) is 9.86. The van der Waals surface area contributed by atoms with Gasteiger partial charge in [-0.25, -0.2) is 9.67 Å². The fourth-order valence-electron chi connectivity index (χ4n) is 3.03. The molecule has 0 unspecified atom stereocenters. The molecule has 8 heteroatoms. The molecule has 1 aromatic carbocycles. The average molecular weight is 374 g/mol. The van der Waals surface area contributed by atoms with E-state index in [4.69, 9.17) is 10.00 Å². The highest BCUT2D eigenvalue weighted by Crippen LogP contribution is 2.20. The fourth-order valence-corrected chi connectivity index (χ4v) is 3.03. The third kappa shape index (κ3) is 3.96. The van der Waals surface area contributed by atoms with Gasteiger partial charge < -0.3 is 10.1 Å². The van der Waals surface area contributed by atoms with Crippen molar-refractivity contribution < 1.29 is 9.53 Å². The highest BCUT2D eigenvalue weighted by atomic mass is 16.5. The van der Waals surface area contributed by atoms with Gasteiger partial charge in [0.1, 0.15) is 6.07 Å². The van der Waals surface area contributed by atoms with Crippen LogP contribution in [0.2, 0.25) is 0 Å². The molecule has 140 valence electrons. The number of carbonyl (C=O) groups excluding carboxylic acids is 1. The second-order valence-corrected chi connectivity index (χ2v) is 6.45. The minimum absolute atomic E-state index is 0.0426. The van der Waals surface area contributed by atoms with Crippen LogP contribution < -0.4 is 5.32 Å². The highest BCUT2D eigenvalue weighted by Gasteiger charge is 2.16. The molecular weight excluding hydrogens is 356 g/mol. The smallest absolute Gasteiger partial charge is 0.173 e. The first kappa shape index (κ1) is 18.0. The Morgan fingerprint density at radius 2 is 2.14 bits per heavy atom. The maximum atomic E-state index is 12.6. The minimum atomic E-state index is -0.0426. The second-order valence-electron chi connectivity index (χ2n) is 6.45. The Morgan fingerprint density at radius 3 is 2.89 bits per heavy atom. The maximum Gasteiger partial charge on any atom is 0.173 e. The van der Waals surface area contributed by atoms with E-state index in [1.165, 1.54) is 23.3 Å². The maximum absolute atomic E-state index is 12.6. The fraction of sp³-hybridized carbons (Fsp3) is 0.250. The van der Waals surface area contributed by atoms with E-state index in [0.717, 1.165) is 24.2 Å². The van der Waals surface area contributed by atoms with Gasteiger partial charge in [0.25, 0.3) is 0 Å². The van der Waals surface area contributed by atoms with Crippen molar-refractivity contribution in [1.29, 1.82) is 5.26 Å². The molecule has 0 bridgehead atoms. The number of rotatable bonds is 5. The van der Waals surface area contributed by atoms with Crippen LogP contribution in [-0.4, -0.2) is 45.2 Å². The summed E-state index contributed by atoms with van der Waals surface area (Å²) in [5, 5.41) is 16.4. The molecule has 1 fully saturated rings. The predicted octanol–water partition coefficient (Wildman–Crippen LogP) is 1.62. The van der Waals surface area contributed by atoms with Gasteiger partial charge in [-0.05, 0) is 11.1 Å². The third-order valence-corrected chi connectivity index (χ3v) is 4.52. The van der Waals surface area contributed by atoms with Crippen molar-refractivity contribution in [2.75, 3.05) is 19.7 Å². The van der Waals surface area contributed by atoms with E-state index >= 15 is 0 Å². The molecule has 0 amide bonds. The summed E-state index contributed by atoms with van der Waals surface area (Å²) < 4.78 is 7.19. The Hall–Kier alpha value is -3.41. The number of benzene rings is 1. The van der Waals surface area contributed by atoms with Crippen LogP contribution in [0.25, 0.3) is 5.82 Å². The number of carbonyl (C=O) groups is 1. The van der Waals surface area contributed by atoms with E-state index in [9.17, 15) is 4.79 Å². The summed E-state index contributed by atoms with van der Waals surface area (Å²) in [5.41, 5.74) is 2.70. The summed E-state index contributed by atoms with van der Waals surface area (Å²) in [4.78, 5) is 20.7. The number of nitriles is 1. The zero-order valence-corrected chi connectivity index (χ0v) is 15.1. The molecule has 1 aliphatic rings. The van der Waals surface area contributed by atoms with Crippen molar-refractivity contribution in [3.8, 4) is 11.9 Å². The van der Waals surface area contributed by atoms with Crippen LogP contribution in [0.5, 0.6) is 0 Å².